The molecule has 2 heterocycles. The van der Waals surface area contributed by atoms with Gasteiger partial charge < -0.3 is 9.64 Å². The van der Waals surface area contributed by atoms with Gasteiger partial charge in [0.1, 0.15) is 5.60 Å². The summed E-state index contributed by atoms with van der Waals surface area (Å²) in [5.74, 6) is 0. The predicted molar refractivity (Wildman–Crippen MR) is 78.5 cm³/mol. The number of rotatable bonds is 1. The molecule has 0 bridgehead atoms. The molecular weight excluding hydrogens is 324 g/mol. The van der Waals surface area contributed by atoms with Gasteiger partial charge in [-0.05, 0) is 57.0 Å². The molecule has 2 rings (SSSR count). The van der Waals surface area contributed by atoms with Crippen LogP contribution in [0.3, 0.4) is 0 Å². The van der Waals surface area contributed by atoms with E-state index < -0.39 is 5.60 Å². The first-order valence-electron chi connectivity index (χ1n) is 6.76. The van der Waals surface area contributed by atoms with Crippen LogP contribution >= 0.6 is 15.9 Å². The minimum absolute atomic E-state index is 0.136. The molecule has 1 saturated heterocycles. The van der Waals surface area contributed by atoms with Gasteiger partial charge in [0, 0.05) is 12.6 Å². The predicted octanol–water partition coefficient (Wildman–Crippen LogP) is 2.92. The summed E-state index contributed by atoms with van der Waals surface area (Å²) in [5, 5.41) is 8.15. The van der Waals surface area contributed by atoms with Crippen molar-refractivity contribution in [2.45, 2.75) is 58.7 Å². The number of carbonyl (C=O) groups is 1. The van der Waals surface area contributed by atoms with Crippen molar-refractivity contribution in [1.29, 1.82) is 0 Å². The van der Waals surface area contributed by atoms with E-state index in [0.29, 0.717) is 6.54 Å². The van der Waals surface area contributed by atoms with E-state index in [0.717, 1.165) is 16.7 Å². The van der Waals surface area contributed by atoms with Gasteiger partial charge in [-0.2, -0.15) is 0 Å². The normalized spacial score (nSPS) is 23.2. The Morgan fingerprint density at radius 2 is 2.10 bits per heavy atom. The van der Waals surface area contributed by atoms with E-state index in [4.69, 9.17) is 4.74 Å². The van der Waals surface area contributed by atoms with Crippen molar-refractivity contribution in [2.75, 3.05) is 6.54 Å². The van der Waals surface area contributed by atoms with Crippen molar-refractivity contribution in [3.8, 4) is 0 Å². The van der Waals surface area contributed by atoms with Gasteiger partial charge in [-0.15, -0.1) is 5.10 Å². The van der Waals surface area contributed by atoms with E-state index in [1.54, 1.807) is 4.90 Å². The fourth-order valence-corrected chi connectivity index (χ4v) is 2.68. The van der Waals surface area contributed by atoms with E-state index in [2.05, 4.69) is 26.2 Å². The van der Waals surface area contributed by atoms with Crippen LogP contribution in [0.25, 0.3) is 0 Å². The molecule has 1 aliphatic heterocycles. The summed E-state index contributed by atoms with van der Waals surface area (Å²) in [6, 6.07) is 0.286. The first kappa shape index (κ1) is 15.3. The average Bonchev–Trinajstić information content (AvgIpc) is 2.82. The number of hydrogen-bond donors (Lipinski definition) is 0. The zero-order valence-electron chi connectivity index (χ0n) is 12.6. The maximum atomic E-state index is 12.2. The number of amides is 1. The SMILES string of the molecule is Cc1c(Br)nnn1[C@@H]1C[C@@H](C)N(C(=O)OC(C)(C)C)C1. The van der Waals surface area contributed by atoms with Crippen molar-refractivity contribution in [3.63, 3.8) is 0 Å². The highest BCUT2D eigenvalue weighted by atomic mass is 79.9. The van der Waals surface area contributed by atoms with Crippen LogP contribution in [0.1, 0.15) is 45.9 Å². The molecule has 112 valence electrons. The van der Waals surface area contributed by atoms with Gasteiger partial charge in [0.05, 0.1) is 11.7 Å². The molecule has 0 aromatic carbocycles. The van der Waals surface area contributed by atoms with E-state index >= 15 is 0 Å². The molecule has 0 aliphatic carbocycles. The molecule has 1 amide bonds. The Morgan fingerprint density at radius 3 is 2.60 bits per heavy atom. The topological polar surface area (TPSA) is 60.2 Å². The number of halogens is 1. The van der Waals surface area contributed by atoms with Gasteiger partial charge >= 0.3 is 6.09 Å². The lowest BCUT2D eigenvalue weighted by atomic mass is 10.2. The minimum atomic E-state index is -0.471. The molecule has 1 aliphatic rings. The first-order valence-corrected chi connectivity index (χ1v) is 7.55. The molecule has 7 heteroatoms. The van der Waals surface area contributed by atoms with Gasteiger partial charge in [0.15, 0.2) is 4.60 Å². The van der Waals surface area contributed by atoms with E-state index in [1.165, 1.54) is 0 Å². The second-order valence-electron chi connectivity index (χ2n) is 6.28. The van der Waals surface area contributed by atoms with E-state index in [-0.39, 0.29) is 18.2 Å². The number of likely N-dealkylation sites (tertiary alicyclic amines) is 1. The standard InChI is InChI=1S/C13H21BrN4O2/c1-8-6-10(18-9(2)11(14)15-16-18)7-17(8)12(19)20-13(3,4)5/h8,10H,6-7H2,1-5H3/t8-,10-/m1/s1. The Hall–Kier alpha value is -1.11. The smallest absolute Gasteiger partial charge is 0.410 e. The third-order valence-electron chi connectivity index (χ3n) is 3.40. The van der Waals surface area contributed by atoms with Crippen LogP contribution in [0.4, 0.5) is 4.79 Å². The number of hydrogen-bond acceptors (Lipinski definition) is 4. The highest BCUT2D eigenvalue weighted by molar-refractivity contribution is 9.10. The zero-order valence-corrected chi connectivity index (χ0v) is 14.1. The molecule has 0 radical (unpaired) electrons. The lowest BCUT2D eigenvalue weighted by molar-refractivity contribution is 0.0233. The first-order chi connectivity index (χ1) is 9.19. The summed E-state index contributed by atoms with van der Waals surface area (Å²) < 4.78 is 8.07. The van der Waals surface area contributed by atoms with Crippen LogP contribution < -0.4 is 0 Å². The lowest BCUT2D eigenvalue weighted by Crippen LogP contribution is -2.39. The summed E-state index contributed by atoms with van der Waals surface area (Å²) >= 11 is 3.36. The molecule has 1 aromatic rings. The van der Waals surface area contributed by atoms with Crippen LogP contribution in [0, 0.1) is 6.92 Å². The molecule has 1 fully saturated rings. The van der Waals surface area contributed by atoms with Gasteiger partial charge in [-0.1, -0.05) is 5.21 Å². The monoisotopic (exact) mass is 344 g/mol. The second kappa shape index (κ2) is 5.35. The summed E-state index contributed by atoms with van der Waals surface area (Å²) in [6.45, 7) is 10.2. The Labute approximate surface area is 127 Å². The zero-order chi connectivity index (χ0) is 15.1. The Bertz CT molecular complexity index is 509. The number of ether oxygens (including phenoxy) is 1. The molecule has 1 aromatic heterocycles. The molecule has 6 nitrogen and oxygen atoms in total. The largest absolute Gasteiger partial charge is 0.444 e. The third-order valence-corrected chi connectivity index (χ3v) is 4.13. The minimum Gasteiger partial charge on any atom is -0.444 e. The molecule has 2 atom stereocenters. The fourth-order valence-electron chi connectivity index (χ4n) is 2.42. The van der Waals surface area contributed by atoms with Crippen molar-refractivity contribution in [3.05, 3.63) is 10.3 Å². The van der Waals surface area contributed by atoms with Crippen molar-refractivity contribution < 1.29 is 9.53 Å². The van der Waals surface area contributed by atoms with Gasteiger partial charge in [-0.25, -0.2) is 9.48 Å². The van der Waals surface area contributed by atoms with Crippen LogP contribution in [-0.2, 0) is 4.74 Å². The Kier molecular flexibility index (Phi) is 4.09. The summed E-state index contributed by atoms with van der Waals surface area (Å²) in [7, 11) is 0. The van der Waals surface area contributed by atoms with Gasteiger partial charge in [-0.3, -0.25) is 0 Å². The lowest BCUT2D eigenvalue weighted by Gasteiger charge is -2.26. The van der Waals surface area contributed by atoms with Crippen LogP contribution in [0.2, 0.25) is 0 Å². The van der Waals surface area contributed by atoms with E-state index in [9.17, 15) is 4.79 Å². The maximum Gasteiger partial charge on any atom is 0.410 e. The van der Waals surface area contributed by atoms with Crippen molar-refractivity contribution >= 4 is 22.0 Å². The summed E-state index contributed by atoms with van der Waals surface area (Å²) in [6.07, 6.45) is 0.597. The molecule has 0 spiro atoms. The van der Waals surface area contributed by atoms with Crippen LogP contribution in [0.5, 0.6) is 0 Å². The molecular formula is C13H21BrN4O2. The number of aromatic nitrogens is 3. The van der Waals surface area contributed by atoms with E-state index in [1.807, 2.05) is 39.3 Å². The average molecular weight is 345 g/mol. The van der Waals surface area contributed by atoms with Crippen LogP contribution in [0.15, 0.2) is 4.60 Å². The van der Waals surface area contributed by atoms with Gasteiger partial charge in [0.2, 0.25) is 0 Å². The number of nitrogens with zero attached hydrogens (tertiary/aromatic N) is 4. The van der Waals surface area contributed by atoms with Gasteiger partial charge in [0.25, 0.3) is 0 Å². The second-order valence-corrected chi connectivity index (χ2v) is 7.03. The quantitative estimate of drug-likeness (QED) is 0.785. The molecule has 0 N–H and O–H groups in total. The third kappa shape index (κ3) is 3.13. The van der Waals surface area contributed by atoms with Crippen molar-refractivity contribution in [2.24, 2.45) is 0 Å². The maximum absolute atomic E-state index is 12.2. The molecule has 0 saturated carbocycles. The highest BCUT2D eigenvalue weighted by Crippen LogP contribution is 2.30. The van der Waals surface area contributed by atoms with Crippen LogP contribution in [-0.4, -0.2) is 44.2 Å². The summed E-state index contributed by atoms with van der Waals surface area (Å²) in [5.41, 5.74) is 0.509. The molecule has 20 heavy (non-hydrogen) atoms. The number of carbonyl (C=O) groups excluding carboxylic acids is 1. The highest BCUT2D eigenvalue weighted by Gasteiger charge is 2.37. The fraction of sp³-hybridized carbons (Fsp3) is 0.769. The summed E-state index contributed by atoms with van der Waals surface area (Å²) in [4.78, 5) is 14.0. The Morgan fingerprint density at radius 1 is 1.45 bits per heavy atom. The Balaban J connectivity index is 2.09. The molecule has 0 unspecified atom stereocenters. The van der Waals surface area contributed by atoms with Crippen molar-refractivity contribution in [1.82, 2.24) is 19.9 Å².